The van der Waals surface area contributed by atoms with Crippen molar-refractivity contribution in [1.29, 1.82) is 0 Å². The molecule has 8 heavy (non-hydrogen) atoms. The van der Waals surface area contributed by atoms with Crippen molar-refractivity contribution in [1.82, 2.24) is 0 Å². The van der Waals surface area contributed by atoms with Crippen molar-refractivity contribution in [3.05, 3.63) is 0 Å². The fraction of sp³-hybridized carbons (Fsp3) is 1.00. The molecule has 0 spiro atoms. The molecule has 0 bridgehead atoms. The number of hydrogen-bond donors (Lipinski definition) is 0. The Morgan fingerprint density at radius 2 is 1.62 bits per heavy atom. The monoisotopic (exact) mass is 224 g/mol. The molecule has 0 nitrogen and oxygen atoms in total. The summed E-state index contributed by atoms with van der Waals surface area (Å²) in [7, 11) is 0. The normalized spacial score (nSPS) is 33.8. The Balaban J connectivity index is 1.86. The zero-order valence-electron chi connectivity index (χ0n) is 5.20. The number of hydrogen-bond acceptors (Lipinski definition) is 0. The predicted octanol–water partition coefficient (Wildman–Crippen LogP) is 2.45. The second-order valence-electron chi connectivity index (χ2n) is 2.76. The average Bonchev–Trinajstić information content (AvgIpc) is 2.49. The topological polar surface area (TPSA) is 0 Å². The van der Waals surface area contributed by atoms with Crippen LogP contribution in [0, 0.1) is 0 Å². The summed E-state index contributed by atoms with van der Waals surface area (Å²) in [4.78, 5) is 0. The molecule has 1 saturated carbocycles. The molecule has 1 saturated heterocycles. The van der Waals surface area contributed by atoms with Crippen LogP contribution >= 0.6 is 19.8 Å². The van der Waals surface area contributed by atoms with Crippen molar-refractivity contribution in [2.24, 2.45) is 0 Å². The van der Waals surface area contributed by atoms with Crippen LogP contribution in [0.4, 0.5) is 0 Å². The van der Waals surface area contributed by atoms with Crippen molar-refractivity contribution in [2.75, 3.05) is 8.86 Å². The zero-order valence-corrected chi connectivity index (χ0v) is 7.36. The molecule has 0 N–H and O–H groups in total. The van der Waals surface area contributed by atoms with Gasteiger partial charge in [0.05, 0.1) is 0 Å². The molecule has 1 aliphatic heterocycles. The van der Waals surface area contributed by atoms with Crippen LogP contribution in [0.25, 0.3) is 0 Å². The molecule has 0 unspecified atom stereocenters. The maximum absolute atomic E-state index is 1.72. The SMILES string of the molecule is C1CCC(I2CC2)C1. The van der Waals surface area contributed by atoms with Gasteiger partial charge in [-0.3, -0.25) is 0 Å². The molecule has 0 radical (unpaired) electrons. The van der Waals surface area contributed by atoms with Crippen LogP contribution in [0.2, 0.25) is 0 Å². The van der Waals surface area contributed by atoms with Gasteiger partial charge in [-0.2, -0.15) is 0 Å². The molecule has 2 fully saturated rings. The van der Waals surface area contributed by atoms with Crippen LogP contribution in [0.5, 0.6) is 0 Å². The van der Waals surface area contributed by atoms with Crippen molar-refractivity contribution in [2.45, 2.75) is 29.6 Å². The Kier molecular flexibility index (Phi) is 1.49. The fourth-order valence-corrected chi connectivity index (χ4v) is 7.75. The van der Waals surface area contributed by atoms with Gasteiger partial charge in [0.1, 0.15) is 0 Å². The summed E-state index contributed by atoms with van der Waals surface area (Å²) < 4.78 is 4.77. The first-order chi connectivity index (χ1) is 3.97. The quantitative estimate of drug-likeness (QED) is 0.474. The number of halogens is 1. The molecular formula is C7H13I. The van der Waals surface area contributed by atoms with E-state index >= 15 is 0 Å². The molecule has 0 aromatic carbocycles. The summed E-state index contributed by atoms with van der Waals surface area (Å²) in [5.41, 5.74) is 0. The summed E-state index contributed by atoms with van der Waals surface area (Å²) in [6.45, 7) is 0. The molecule has 48 valence electrons. The van der Waals surface area contributed by atoms with Crippen LogP contribution in [-0.4, -0.2) is 12.8 Å². The minimum absolute atomic E-state index is 0.122. The van der Waals surface area contributed by atoms with Crippen LogP contribution in [-0.2, 0) is 0 Å². The molecule has 1 aliphatic carbocycles. The summed E-state index contributed by atoms with van der Waals surface area (Å²) >= 11 is -0.122. The summed E-state index contributed by atoms with van der Waals surface area (Å²) in [6.07, 6.45) is 6.40. The Morgan fingerprint density at radius 3 is 2.12 bits per heavy atom. The Labute approximate surface area is 58.4 Å². The van der Waals surface area contributed by atoms with Crippen molar-refractivity contribution >= 4 is 19.8 Å². The van der Waals surface area contributed by atoms with Crippen LogP contribution in [0.1, 0.15) is 25.7 Å². The third kappa shape index (κ3) is 1.02. The molecule has 1 heteroatoms. The standard InChI is InChI=1S/C7H13I/c1-2-4-7(3-1)8-5-6-8/h7H,1-6H2. The number of rotatable bonds is 1. The van der Waals surface area contributed by atoms with E-state index in [-0.39, 0.29) is 19.8 Å². The molecule has 2 aliphatic rings. The molecule has 0 aromatic rings. The van der Waals surface area contributed by atoms with Gasteiger partial charge in [-0.15, -0.1) is 0 Å². The Hall–Kier alpha value is 0.730. The van der Waals surface area contributed by atoms with Gasteiger partial charge in [-0.1, -0.05) is 0 Å². The molecule has 0 aromatic heterocycles. The van der Waals surface area contributed by atoms with E-state index in [1.54, 1.807) is 34.5 Å². The van der Waals surface area contributed by atoms with Gasteiger partial charge in [-0.25, -0.2) is 0 Å². The maximum atomic E-state index is 1.72. The first-order valence-corrected chi connectivity index (χ1v) is 7.87. The van der Waals surface area contributed by atoms with E-state index in [1.165, 1.54) is 3.92 Å². The van der Waals surface area contributed by atoms with Crippen LogP contribution < -0.4 is 0 Å². The molecular weight excluding hydrogens is 211 g/mol. The van der Waals surface area contributed by atoms with E-state index in [1.807, 2.05) is 0 Å². The van der Waals surface area contributed by atoms with E-state index in [9.17, 15) is 0 Å². The first-order valence-electron chi connectivity index (χ1n) is 3.57. The molecule has 2 rings (SSSR count). The van der Waals surface area contributed by atoms with E-state index in [0.717, 1.165) is 0 Å². The van der Waals surface area contributed by atoms with Gasteiger partial charge in [0.25, 0.3) is 0 Å². The zero-order chi connectivity index (χ0) is 5.40. The third-order valence-electron chi connectivity index (χ3n) is 2.13. The Morgan fingerprint density at radius 1 is 1.00 bits per heavy atom. The van der Waals surface area contributed by atoms with Gasteiger partial charge < -0.3 is 0 Å². The fourth-order valence-electron chi connectivity index (χ4n) is 1.53. The van der Waals surface area contributed by atoms with Gasteiger partial charge in [0, 0.05) is 0 Å². The summed E-state index contributed by atoms with van der Waals surface area (Å²) in [6, 6.07) is 0. The van der Waals surface area contributed by atoms with Crippen molar-refractivity contribution in [3.8, 4) is 0 Å². The second kappa shape index (κ2) is 2.16. The average molecular weight is 224 g/mol. The summed E-state index contributed by atoms with van der Waals surface area (Å²) in [5, 5.41) is 0. The van der Waals surface area contributed by atoms with Crippen LogP contribution in [0.3, 0.4) is 0 Å². The first kappa shape index (κ1) is 5.51. The van der Waals surface area contributed by atoms with E-state index in [2.05, 4.69) is 0 Å². The molecule has 0 amide bonds. The minimum atomic E-state index is -0.122. The predicted molar refractivity (Wildman–Crippen MR) is 46.0 cm³/mol. The van der Waals surface area contributed by atoms with Gasteiger partial charge in [0.2, 0.25) is 0 Å². The van der Waals surface area contributed by atoms with E-state index in [4.69, 9.17) is 0 Å². The van der Waals surface area contributed by atoms with Gasteiger partial charge >= 0.3 is 58.3 Å². The van der Waals surface area contributed by atoms with Gasteiger partial charge in [0.15, 0.2) is 0 Å². The molecule has 0 atom stereocenters. The summed E-state index contributed by atoms with van der Waals surface area (Å²) in [5.74, 6) is 0. The number of alkyl halides is 3. The Bertz CT molecular complexity index is 80.4. The second-order valence-corrected chi connectivity index (χ2v) is 9.52. The van der Waals surface area contributed by atoms with E-state index in [0.29, 0.717) is 0 Å². The third-order valence-corrected chi connectivity index (χ3v) is 8.19. The van der Waals surface area contributed by atoms with Crippen molar-refractivity contribution in [3.63, 3.8) is 0 Å². The van der Waals surface area contributed by atoms with E-state index < -0.39 is 0 Å². The van der Waals surface area contributed by atoms with Gasteiger partial charge in [-0.05, 0) is 0 Å². The van der Waals surface area contributed by atoms with Crippen LogP contribution in [0.15, 0.2) is 0 Å². The molecule has 1 heterocycles. The van der Waals surface area contributed by atoms with Crippen molar-refractivity contribution < 1.29 is 0 Å².